The summed E-state index contributed by atoms with van der Waals surface area (Å²) in [6.45, 7) is 4.78. The van der Waals surface area contributed by atoms with Crippen molar-refractivity contribution >= 4 is 23.2 Å². The molecular weight excluding hydrogens is 316 g/mol. The SMILES string of the molecule is C=CCOc1ccc(NC(=O)c2ccc(N3CCCC3=O)cc2)cc1. The van der Waals surface area contributed by atoms with Gasteiger partial charge in [0.15, 0.2) is 0 Å². The third kappa shape index (κ3) is 4.07. The lowest BCUT2D eigenvalue weighted by molar-refractivity contribution is -0.117. The molecule has 1 fully saturated rings. The second kappa shape index (κ2) is 7.66. The summed E-state index contributed by atoms with van der Waals surface area (Å²) in [6.07, 6.45) is 3.15. The monoisotopic (exact) mass is 336 g/mol. The normalized spacial score (nSPS) is 13.6. The Morgan fingerprint density at radius 1 is 1.16 bits per heavy atom. The van der Waals surface area contributed by atoms with Gasteiger partial charge in [-0.1, -0.05) is 12.7 Å². The summed E-state index contributed by atoms with van der Waals surface area (Å²) in [5.74, 6) is 0.660. The van der Waals surface area contributed by atoms with Gasteiger partial charge in [-0.15, -0.1) is 0 Å². The average Bonchev–Trinajstić information content (AvgIpc) is 3.07. The lowest BCUT2D eigenvalue weighted by atomic mass is 10.1. The summed E-state index contributed by atoms with van der Waals surface area (Å²) in [5, 5.41) is 2.84. The van der Waals surface area contributed by atoms with E-state index in [1.807, 2.05) is 12.1 Å². The van der Waals surface area contributed by atoms with Crippen LogP contribution in [0, 0.1) is 0 Å². The van der Waals surface area contributed by atoms with Crippen LogP contribution in [0.3, 0.4) is 0 Å². The first kappa shape index (κ1) is 16.8. The Morgan fingerprint density at radius 2 is 1.88 bits per heavy atom. The highest BCUT2D eigenvalue weighted by Gasteiger charge is 2.21. The summed E-state index contributed by atoms with van der Waals surface area (Å²) in [5.41, 5.74) is 2.07. The van der Waals surface area contributed by atoms with Gasteiger partial charge >= 0.3 is 0 Å². The molecule has 1 aliphatic rings. The molecule has 5 heteroatoms. The zero-order valence-corrected chi connectivity index (χ0v) is 13.9. The van der Waals surface area contributed by atoms with E-state index in [1.165, 1.54) is 0 Å². The molecule has 3 rings (SSSR count). The number of hydrogen-bond acceptors (Lipinski definition) is 3. The van der Waals surface area contributed by atoms with Gasteiger partial charge in [0.2, 0.25) is 5.91 Å². The van der Waals surface area contributed by atoms with Gasteiger partial charge in [-0.2, -0.15) is 0 Å². The van der Waals surface area contributed by atoms with E-state index < -0.39 is 0 Å². The summed E-state index contributed by atoms with van der Waals surface area (Å²) in [4.78, 5) is 25.8. The van der Waals surface area contributed by atoms with Crippen LogP contribution in [0.25, 0.3) is 0 Å². The number of carbonyl (C=O) groups excluding carboxylic acids is 2. The summed E-state index contributed by atoms with van der Waals surface area (Å²) >= 11 is 0. The average molecular weight is 336 g/mol. The fraction of sp³-hybridized carbons (Fsp3) is 0.200. The van der Waals surface area contributed by atoms with Gasteiger partial charge in [0.25, 0.3) is 5.91 Å². The fourth-order valence-electron chi connectivity index (χ4n) is 2.71. The second-order valence-corrected chi connectivity index (χ2v) is 5.77. The van der Waals surface area contributed by atoms with E-state index in [0.717, 1.165) is 24.4 Å². The number of carbonyl (C=O) groups is 2. The molecule has 1 N–H and O–H groups in total. The zero-order chi connectivity index (χ0) is 17.6. The molecule has 0 bridgehead atoms. The summed E-state index contributed by atoms with van der Waals surface area (Å²) in [7, 11) is 0. The maximum atomic E-state index is 12.3. The van der Waals surface area contributed by atoms with Crippen LogP contribution in [-0.4, -0.2) is 25.0 Å². The number of benzene rings is 2. The number of nitrogens with zero attached hydrogens (tertiary/aromatic N) is 1. The quantitative estimate of drug-likeness (QED) is 0.820. The number of rotatable bonds is 6. The highest BCUT2D eigenvalue weighted by atomic mass is 16.5. The molecule has 0 atom stereocenters. The van der Waals surface area contributed by atoms with Crippen molar-refractivity contribution in [1.29, 1.82) is 0 Å². The van der Waals surface area contributed by atoms with Gasteiger partial charge in [-0.3, -0.25) is 9.59 Å². The number of ether oxygens (including phenoxy) is 1. The van der Waals surface area contributed by atoms with Crippen molar-refractivity contribution in [3.8, 4) is 5.75 Å². The molecule has 2 aromatic rings. The smallest absolute Gasteiger partial charge is 0.255 e. The van der Waals surface area contributed by atoms with Crippen LogP contribution < -0.4 is 15.0 Å². The van der Waals surface area contributed by atoms with E-state index in [2.05, 4.69) is 11.9 Å². The van der Waals surface area contributed by atoms with Gasteiger partial charge in [0.05, 0.1) is 0 Å². The van der Waals surface area contributed by atoms with Crippen molar-refractivity contribution in [2.24, 2.45) is 0 Å². The number of hydrogen-bond donors (Lipinski definition) is 1. The second-order valence-electron chi connectivity index (χ2n) is 5.77. The molecule has 0 aromatic heterocycles. The first-order valence-corrected chi connectivity index (χ1v) is 8.23. The Bertz CT molecular complexity index is 767. The molecule has 0 radical (unpaired) electrons. The Morgan fingerprint density at radius 3 is 2.48 bits per heavy atom. The number of amides is 2. The number of nitrogens with one attached hydrogen (secondary N) is 1. The van der Waals surface area contributed by atoms with E-state index in [1.54, 1.807) is 47.4 Å². The van der Waals surface area contributed by atoms with Crippen molar-refractivity contribution in [2.75, 3.05) is 23.4 Å². The summed E-state index contributed by atoms with van der Waals surface area (Å²) in [6, 6.07) is 14.2. The van der Waals surface area contributed by atoms with E-state index >= 15 is 0 Å². The minimum atomic E-state index is -0.195. The van der Waals surface area contributed by atoms with Crippen molar-refractivity contribution in [3.05, 3.63) is 66.7 Å². The van der Waals surface area contributed by atoms with Crippen LogP contribution in [0.1, 0.15) is 23.2 Å². The lowest BCUT2D eigenvalue weighted by Gasteiger charge is -2.15. The molecule has 1 aliphatic heterocycles. The molecule has 5 nitrogen and oxygen atoms in total. The van der Waals surface area contributed by atoms with Crippen LogP contribution in [-0.2, 0) is 4.79 Å². The molecule has 0 aliphatic carbocycles. The molecular formula is C20H20N2O3. The first-order chi connectivity index (χ1) is 12.2. The van der Waals surface area contributed by atoms with Gasteiger partial charge in [-0.25, -0.2) is 0 Å². The minimum absolute atomic E-state index is 0.135. The van der Waals surface area contributed by atoms with Crippen LogP contribution in [0.5, 0.6) is 5.75 Å². The van der Waals surface area contributed by atoms with Gasteiger partial charge in [0.1, 0.15) is 12.4 Å². The maximum Gasteiger partial charge on any atom is 0.255 e. The van der Waals surface area contributed by atoms with Gasteiger partial charge < -0.3 is 15.0 Å². The Hall–Kier alpha value is -3.08. The molecule has 1 heterocycles. The first-order valence-electron chi connectivity index (χ1n) is 8.23. The van der Waals surface area contributed by atoms with Gasteiger partial charge in [-0.05, 0) is 55.0 Å². The standard InChI is InChI=1S/C20H20N2O3/c1-2-14-25-18-11-7-16(8-12-18)21-20(24)15-5-9-17(10-6-15)22-13-3-4-19(22)23/h2,5-12H,1,3-4,13-14H2,(H,21,24). The van der Waals surface area contributed by atoms with E-state index in [-0.39, 0.29) is 11.8 Å². The predicted octanol–water partition coefficient (Wildman–Crippen LogP) is 3.63. The minimum Gasteiger partial charge on any atom is -0.490 e. The maximum absolute atomic E-state index is 12.3. The van der Waals surface area contributed by atoms with Crippen LogP contribution in [0.15, 0.2) is 61.2 Å². The molecule has 25 heavy (non-hydrogen) atoms. The molecule has 2 aromatic carbocycles. The largest absolute Gasteiger partial charge is 0.490 e. The van der Waals surface area contributed by atoms with Crippen LogP contribution >= 0.6 is 0 Å². The van der Waals surface area contributed by atoms with Crippen molar-refractivity contribution < 1.29 is 14.3 Å². The van der Waals surface area contributed by atoms with Gasteiger partial charge in [0, 0.05) is 29.9 Å². The summed E-state index contributed by atoms with van der Waals surface area (Å²) < 4.78 is 5.41. The van der Waals surface area contributed by atoms with Crippen LogP contribution in [0.2, 0.25) is 0 Å². The molecule has 0 spiro atoms. The Labute approximate surface area is 146 Å². The lowest BCUT2D eigenvalue weighted by Crippen LogP contribution is -2.23. The predicted molar refractivity (Wildman–Crippen MR) is 98.1 cm³/mol. The molecule has 1 saturated heterocycles. The highest BCUT2D eigenvalue weighted by Crippen LogP contribution is 2.22. The van der Waals surface area contributed by atoms with Crippen LogP contribution in [0.4, 0.5) is 11.4 Å². The van der Waals surface area contributed by atoms with E-state index in [4.69, 9.17) is 4.74 Å². The Kier molecular flexibility index (Phi) is 5.14. The van der Waals surface area contributed by atoms with E-state index in [0.29, 0.717) is 24.3 Å². The number of anilines is 2. The highest BCUT2D eigenvalue weighted by molar-refractivity contribution is 6.04. The zero-order valence-electron chi connectivity index (χ0n) is 13.9. The molecule has 128 valence electrons. The molecule has 2 amide bonds. The van der Waals surface area contributed by atoms with Crippen molar-refractivity contribution in [1.82, 2.24) is 0 Å². The third-order valence-electron chi connectivity index (χ3n) is 3.99. The fourth-order valence-corrected chi connectivity index (χ4v) is 2.71. The topological polar surface area (TPSA) is 58.6 Å². The Balaban J connectivity index is 1.63. The van der Waals surface area contributed by atoms with Crippen molar-refractivity contribution in [2.45, 2.75) is 12.8 Å². The third-order valence-corrected chi connectivity index (χ3v) is 3.99. The van der Waals surface area contributed by atoms with Crippen molar-refractivity contribution in [3.63, 3.8) is 0 Å². The van der Waals surface area contributed by atoms with E-state index in [9.17, 15) is 9.59 Å². The molecule has 0 unspecified atom stereocenters. The molecule has 0 saturated carbocycles.